The first-order chi connectivity index (χ1) is 12.5. The molecule has 1 unspecified atom stereocenters. The van der Waals surface area contributed by atoms with E-state index in [-0.39, 0.29) is 25.2 Å². The highest BCUT2D eigenvalue weighted by Gasteiger charge is 2.48. The van der Waals surface area contributed by atoms with Gasteiger partial charge in [-0.1, -0.05) is 6.07 Å². The molecule has 138 valence electrons. The maximum absolute atomic E-state index is 12.8. The van der Waals surface area contributed by atoms with Crippen LogP contribution in [0.4, 0.5) is 4.79 Å². The van der Waals surface area contributed by atoms with Crippen molar-refractivity contribution in [2.45, 2.75) is 31.7 Å². The summed E-state index contributed by atoms with van der Waals surface area (Å²) in [4.78, 5) is 40.2. The van der Waals surface area contributed by atoms with Gasteiger partial charge >= 0.3 is 6.03 Å². The molecule has 0 aromatic heterocycles. The van der Waals surface area contributed by atoms with Crippen LogP contribution in [-0.2, 0) is 16.0 Å². The van der Waals surface area contributed by atoms with E-state index < -0.39 is 11.6 Å². The van der Waals surface area contributed by atoms with Crippen molar-refractivity contribution in [1.82, 2.24) is 15.1 Å². The Bertz CT molecular complexity index is 774. The van der Waals surface area contributed by atoms with Gasteiger partial charge in [0.15, 0.2) is 11.5 Å². The van der Waals surface area contributed by atoms with Gasteiger partial charge in [-0.3, -0.25) is 14.5 Å². The second-order valence-electron chi connectivity index (χ2n) is 7.11. The van der Waals surface area contributed by atoms with Crippen molar-refractivity contribution in [2.24, 2.45) is 0 Å². The molecule has 4 amide bonds. The van der Waals surface area contributed by atoms with Crippen molar-refractivity contribution in [1.29, 1.82) is 0 Å². The minimum Gasteiger partial charge on any atom is -0.454 e. The number of rotatable bonds is 4. The Kier molecular flexibility index (Phi) is 3.97. The zero-order valence-electron chi connectivity index (χ0n) is 14.6. The molecule has 1 aromatic carbocycles. The second kappa shape index (κ2) is 6.19. The molecule has 1 atom stereocenters. The number of urea groups is 1. The van der Waals surface area contributed by atoms with Crippen molar-refractivity contribution in [3.63, 3.8) is 0 Å². The molecule has 4 rings (SSSR count). The van der Waals surface area contributed by atoms with E-state index in [1.807, 2.05) is 12.1 Å². The number of likely N-dealkylation sites (tertiary alicyclic amines) is 1. The SMILES string of the molecule is CC1(Cc2ccc3c(c2)OCO3)NC(=O)N(CC(=O)N2CCCC2)C1=O. The number of carbonyl (C=O) groups is 3. The van der Waals surface area contributed by atoms with E-state index in [9.17, 15) is 14.4 Å². The Morgan fingerprint density at radius 2 is 1.92 bits per heavy atom. The predicted octanol–water partition coefficient (Wildman–Crippen LogP) is 0.891. The van der Waals surface area contributed by atoms with E-state index in [0.29, 0.717) is 31.0 Å². The molecular formula is C18H21N3O5. The third-order valence-electron chi connectivity index (χ3n) is 5.09. The van der Waals surface area contributed by atoms with E-state index in [1.54, 1.807) is 17.9 Å². The fourth-order valence-corrected chi connectivity index (χ4v) is 3.67. The van der Waals surface area contributed by atoms with Crippen LogP contribution in [0.25, 0.3) is 0 Å². The van der Waals surface area contributed by atoms with Gasteiger partial charge in [0.05, 0.1) is 0 Å². The summed E-state index contributed by atoms with van der Waals surface area (Å²) in [7, 11) is 0. The third kappa shape index (κ3) is 2.85. The number of fused-ring (bicyclic) bond motifs is 1. The summed E-state index contributed by atoms with van der Waals surface area (Å²) >= 11 is 0. The van der Waals surface area contributed by atoms with Crippen LogP contribution in [0.15, 0.2) is 18.2 Å². The van der Waals surface area contributed by atoms with E-state index in [1.165, 1.54) is 0 Å². The first-order valence-corrected chi connectivity index (χ1v) is 8.77. The smallest absolute Gasteiger partial charge is 0.325 e. The quantitative estimate of drug-likeness (QED) is 0.807. The lowest BCUT2D eigenvalue weighted by Crippen LogP contribution is -2.47. The number of nitrogens with one attached hydrogen (secondary N) is 1. The zero-order chi connectivity index (χ0) is 18.3. The number of carbonyl (C=O) groups excluding carboxylic acids is 3. The van der Waals surface area contributed by atoms with Gasteiger partial charge in [0, 0.05) is 19.5 Å². The molecule has 8 heteroatoms. The Labute approximate surface area is 151 Å². The topological polar surface area (TPSA) is 88.2 Å². The number of amides is 4. The van der Waals surface area contributed by atoms with Crippen LogP contribution in [0, 0.1) is 0 Å². The summed E-state index contributed by atoms with van der Waals surface area (Å²) in [6.07, 6.45) is 2.24. The van der Waals surface area contributed by atoms with Crippen molar-refractivity contribution < 1.29 is 23.9 Å². The molecule has 3 aliphatic heterocycles. The molecule has 2 fully saturated rings. The van der Waals surface area contributed by atoms with Crippen LogP contribution in [0.5, 0.6) is 11.5 Å². The van der Waals surface area contributed by atoms with E-state index in [4.69, 9.17) is 9.47 Å². The number of benzene rings is 1. The molecular weight excluding hydrogens is 338 g/mol. The summed E-state index contributed by atoms with van der Waals surface area (Å²) < 4.78 is 10.6. The van der Waals surface area contributed by atoms with Crippen LogP contribution in [0.2, 0.25) is 0 Å². The summed E-state index contributed by atoms with van der Waals surface area (Å²) in [5, 5.41) is 2.74. The molecule has 1 aromatic rings. The van der Waals surface area contributed by atoms with Gasteiger partial charge in [0.25, 0.3) is 5.91 Å². The lowest BCUT2D eigenvalue weighted by Gasteiger charge is -2.23. The molecule has 3 heterocycles. The molecule has 0 radical (unpaired) electrons. The summed E-state index contributed by atoms with van der Waals surface area (Å²) in [6.45, 7) is 3.03. The molecule has 8 nitrogen and oxygen atoms in total. The third-order valence-corrected chi connectivity index (χ3v) is 5.09. The van der Waals surface area contributed by atoms with Gasteiger partial charge < -0.3 is 19.7 Å². The Morgan fingerprint density at radius 1 is 1.19 bits per heavy atom. The highest BCUT2D eigenvalue weighted by atomic mass is 16.7. The van der Waals surface area contributed by atoms with Crippen LogP contribution in [0.3, 0.4) is 0 Å². The van der Waals surface area contributed by atoms with E-state index in [0.717, 1.165) is 23.3 Å². The van der Waals surface area contributed by atoms with Crippen LogP contribution in [-0.4, -0.2) is 59.6 Å². The molecule has 26 heavy (non-hydrogen) atoms. The predicted molar refractivity (Wildman–Crippen MR) is 90.7 cm³/mol. The van der Waals surface area contributed by atoms with Gasteiger partial charge in [-0.15, -0.1) is 0 Å². The molecule has 3 aliphatic rings. The number of imide groups is 1. The second-order valence-corrected chi connectivity index (χ2v) is 7.11. The monoisotopic (exact) mass is 359 g/mol. The van der Waals surface area contributed by atoms with Gasteiger partial charge in [0.1, 0.15) is 12.1 Å². The Hall–Kier alpha value is -2.77. The summed E-state index contributed by atoms with van der Waals surface area (Å²) in [5.74, 6) is 0.730. The maximum Gasteiger partial charge on any atom is 0.325 e. The fourth-order valence-electron chi connectivity index (χ4n) is 3.67. The van der Waals surface area contributed by atoms with Crippen molar-refractivity contribution in [3.05, 3.63) is 23.8 Å². The molecule has 0 bridgehead atoms. The van der Waals surface area contributed by atoms with Gasteiger partial charge in [0.2, 0.25) is 12.7 Å². The average Bonchev–Trinajstić information content (AvgIpc) is 3.32. The van der Waals surface area contributed by atoms with Gasteiger partial charge in [-0.25, -0.2) is 4.79 Å². The van der Waals surface area contributed by atoms with E-state index >= 15 is 0 Å². The summed E-state index contributed by atoms with van der Waals surface area (Å²) in [5.41, 5.74) is -0.242. The minimum absolute atomic E-state index is 0.179. The van der Waals surface area contributed by atoms with Crippen LogP contribution in [0.1, 0.15) is 25.3 Å². The van der Waals surface area contributed by atoms with Crippen molar-refractivity contribution >= 4 is 17.8 Å². The number of nitrogens with zero attached hydrogens (tertiary/aromatic N) is 2. The molecule has 0 saturated carbocycles. The van der Waals surface area contributed by atoms with Crippen molar-refractivity contribution in [3.8, 4) is 11.5 Å². The largest absolute Gasteiger partial charge is 0.454 e. The van der Waals surface area contributed by atoms with Crippen molar-refractivity contribution in [2.75, 3.05) is 26.4 Å². The first kappa shape index (κ1) is 16.7. The maximum atomic E-state index is 12.8. The Morgan fingerprint density at radius 3 is 2.69 bits per heavy atom. The number of hydrogen-bond acceptors (Lipinski definition) is 5. The zero-order valence-corrected chi connectivity index (χ0v) is 14.6. The highest BCUT2D eigenvalue weighted by molar-refractivity contribution is 6.09. The molecule has 2 saturated heterocycles. The number of hydrogen-bond donors (Lipinski definition) is 1. The minimum atomic E-state index is -1.09. The molecule has 0 spiro atoms. The van der Waals surface area contributed by atoms with E-state index in [2.05, 4.69) is 5.32 Å². The average molecular weight is 359 g/mol. The normalized spacial score (nSPS) is 24.3. The summed E-state index contributed by atoms with van der Waals surface area (Å²) in [6, 6.07) is 4.92. The standard InChI is InChI=1S/C18H21N3O5/c1-18(9-12-4-5-13-14(8-12)26-11-25-13)16(23)21(17(24)19-18)10-15(22)20-6-2-3-7-20/h4-5,8H,2-3,6-7,9-11H2,1H3,(H,19,24). The highest BCUT2D eigenvalue weighted by Crippen LogP contribution is 2.34. The molecule has 0 aliphatic carbocycles. The van der Waals surface area contributed by atoms with Crippen LogP contribution < -0.4 is 14.8 Å². The van der Waals surface area contributed by atoms with Gasteiger partial charge in [-0.05, 0) is 37.5 Å². The first-order valence-electron chi connectivity index (χ1n) is 8.77. The lowest BCUT2D eigenvalue weighted by atomic mass is 9.92. The van der Waals surface area contributed by atoms with Crippen LogP contribution >= 0.6 is 0 Å². The van der Waals surface area contributed by atoms with Gasteiger partial charge in [-0.2, -0.15) is 0 Å². The number of ether oxygens (including phenoxy) is 2. The fraction of sp³-hybridized carbons (Fsp3) is 0.500. The Balaban J connectivity index is 1.47. The molecule has 1 N–H and O–H groups in total. The lowest BCUT2D eigenvalue weighted by molar-refractivity contribution is -0.138.